The Morgan fingerprint density at radius 1 is 0.789 bits per heavy atom. The molecule has 0 fully saturated rings. The number of methoxy groups -OCH3 is 1. The maximum Gasteiger partial charge on any atom is 0.325 e. The van der Waals surface area contributed by atoms with Crippen molar-refractivity contribution in [2.75, 3.05) is 40.3 Å². The molecule has 4 N–H and O–H groups in total. The molecule has 0 saturated carbocycles. The Bertz CT molecular complexity index is 345. The molecule has 0 saturated heterocycles. The lowest BCUT2D eigenvalue weighted by Gasteiger charge is -2.07. The molecule has 0 unspecified atom stereocenters. The Hall–Kier alpha value is -2.16. The van der Waals surface area contributed by atoms with E-state index in [0.29, 0.717) is 0 Å². The second-order valence-corrected chi connectivity index (χ2v) is 3.44. The van der Waals surface area contributed by atoms with E-state index in [-0.39, 0.29) is 32.1 Å². The third-order valence-electron chi connectivity index (χ3n) is 1.89. The number of rotatable bonds is 8. The molecule has 0 aliphatic rings. The zero-order valence-electron chi connectivity index (χ0n) is 10.9. The minimum atomic E-state index is -0.584. The summed E-state index contributed by atoms with van der Waals surface area (Å²) in [5.41, 5.74) is 0. The average Bonchev–Trinajstić information content (AvgIpc) is 2.40. The van der Waals surface area contributed by atoms with Gasteiger partial charge in [-0.05, 0) is 7.05 Å². The number of carbonyl (C=O) groups excluding carboxylic acids is 4. The van der Waals surface area contributed by atoms with E-state index in [1.807, 2.05) is 0 Å². The number of nitrogens with one attached hydrogen (secondary N) is 4. The summed E-state index contributed by atoms with van der Waals surface area (Å²) >= 11 is 0. The molecule has 0 spiro atoms. The van der Waals surface area contributed by atoms with Crippen LogP contribution in [0.5, 0.6) is 0 Å². The molecule has 108 valence electrons. The van der Waals surface area contributed by atoms with Crippen LogP contribution < -0.4 is 21.3 Å². The van der Waals surface area contributed by atoms with Crippen molar-refractivity contribution in [3.63, 3.8) is 0 Å². The maximum atomic E-state index is 11.2. The summed E-state index contributed by atoms with van der Waals surface area (Å²) in [7, 11) is 2.80. The molecule has 9 nitrogen and oxygen atoms in total. The van der Waals surface area contributed by atoms with Gasteiger partial charge in [-0.25, -0.2) is 0 Å². The highest BCUT2D eigenvalue weighted by atomic mass is 16.5. The predicted molar refractivity (Wildman–Crippen MR) is 65.0 cm³/mol. The van der Waals surface area contributed by atoms with Crippen LogP contribution in [0.1, 0.15) is 0 Å². The van der Waals surface area contributed by atoms with Crippen LogP contribution in [0.2, 0.25) is 0 Å². The van der Waals surface area contributed by atoms with Crippen LogP contribution in [0.4, 0.5) is 0 Å². The van der Waals surface area contributed by atoms with E-state index in [4.69, 9.17) is 0 Å². The van der Waals surface area contributed by atoms with E-state index in [1.165, 1.54) is 7.11 Å². The Kier molecular flexibility index (Phi) is 8.71. The van der Waals surface area contributed by atoms with Crippen LogP contribution in [-0.4, -0.2) is 64.0 Å². The van der Waals surface area contributed by atoms with Gasteiger partial charge >= 0.3 is 5.97 Å². The van der Waals surface area contributed by atoms with Crippen LogP contribution in [-0.2, 0) is 23.9 Å². The molecule has 0 bridgehead atoms. The molecule has 0 aromatic heterocycles. The molecule has 0 aromatic rings. The van der Waals surface area contributed by atoms with E-state index < -0.39 is 17.8 Å². The zero-order valence-corrected chi connectivity index (χ0v) is 10.9. The van der Waals surface area contributed by atoms with Gasteiger partial charge < -0.3 is 26.0 Å². The van der Waals surface area contributed by atoms with Crippen molar-refractivity contribution >= 4 is 23.7 Å². The van der Waals surface area contributed by atoms with Crippen LogP contribution in [0, 0.1) is 0 Å². The number of esters is 1. The first-order valence-corrected chi connectivity index (χ1v) is 5.51. The van der Waals surface area contributed by atoms with E-state index in [9.17, 15) is 19.2 Å². The number of amides is 3. The van der Waals surface area contributed by atoms with E-state index in [1.54, 1.807) is 7.05 Å². The van der Waals surface area contributed by atoms with Gasteiger partial charge in [0.25, 0.3) is 0 Å². The lowest BCUT2D eigenvalue weighted by atomic mass is 10.4. The quantitative estimate of drug-likeness (QED) is 0.344. The first-order valence-electron chi connectivity index (χ1n) is 5.51. The van der Waals surface area contributed by atoms with Crippen LogP contribution >= 0.6 is 0 Å². The number of ether oxygens (including phenoxy) is 1. The summed E-state index contributed by atoms with van der Waals surface area (Å²) in [4.78, 5) is 44.1. The second-order valence-electron chi connectivity index (χ2n) is 3.44. The summed E-state index contributed by atoms with van der Waals surface area (Å²) in [6.45, 7) is -0.653. The number of likely N-dealkylation sites (N-methyl/N-ethyl adjacent to an activating group) is 1. The van der Waals surface area contributed by atoms with E-state index >= 15 is 0 Å². The van der Waals surface area contributed by atoms with Crippen LogP contribution in [0.3, 0.4) is 0 Å². The topological polar surface area (TPSA) is 126 Å². The van der Waals surface area contributed by atoms with Gasteiger partial charge in [-0.15, -0.1) is 0 Å². The van der Waals surface area contributed by atoms with Crippen molar-refractivity contribution in [2.45, 2.75) is 0 Å². The van der Waals surface area contributed by atoms with Gasteiger partial charge in [0, 0.05) is 0 Å². The fraction of sp³-hybridized carbons (Fsp3) is 0.600. The molecule has 0 aliphatic carbocycles. The molecule has 0 heterocycles. The summed E-state index contributed by atoms with van der Waals surface area (Å²) in [6.07, 6.45) is 0. The SMILES string of the molecule is CNCC(=O)NCC(=O)NCC(=O)NCC(=O)OC. The van der Waals surface area contributed by atoms with Crippen molar-refractivity contribution < 1.29 is 23.9 Å². The minimum Gasteiger partial charge on any atom is -0.468 e. The van der Waals surface area contributed by atoms with Gasteiger partial charge in [0.15, 0.2) is 0 Å². The van der Waals surface area contributed by atoms with Gasteiger partial charge in [-0.2, -0.15) is 0 Å². The van der Waals surface area contributed by atoms with Gasteiger partial charge in [-0.1, -0.05) is 0 Å². The average molecular weight is 274 g/mol. The molecule has 19 heavy (non-hydrogen) atoms. The minimum absolute atomic E-state index is 0.104. The van der Waals surface area contributed by atoms with Crippen molar-refractivity contribution in [3.05, 3.63) is 0 Å². The molecule has 0 aromatic carbocycles. The smallest absolute Gasteiger partial charge is 0.325 e. The van der Waals surface area contributed by atoms with Crippen LogP contribution in [0.15, 0.2) is 0 Å². The highest BCUT2D eigenvalue weighted by molar-refractivity contribution is 5.89. The van der Waals surface area contributed by atoms with Crippen molar-refractivity contribution in [1.82, 2.24) is 21.3 Å². The van der Waals surface area contributed by atoms with Gasteiger partial charge in [0.2, 0.25) is 17.7 Å². The highest BCUT2D eigenvalue weighted by Crippen LogP contribution is 1.72. The summed E-state index contributed by atoms with van der Waals surface area (Å²) in [6, 6.07) is 0. The largest absolute Gasteiger partial charge is 0.468 e. The molecule has 3 amide bonds. The first kappa shape index (κ1) is 16.8. The van der Waals surface area contributed by atoms with Crippen molar-refractivity contribution in [2.24, 2.45) is 0 Å². The summed E-state index contributed by atoms with van der Waals surface area (Å²) < 4.78 is 4.32. The second kappa shape index (κ2) is 9.83. The molecular formula is C10H18N4O5. The van der Waals surface area contributed by atoms with Crippen molar-refractivity contribution in [1.29, 1.82) is 0 Å². The third kappa shape index (κ3) is 9.53. The Morgan fingerprint density at radius 2 is 1.21 bits per heavy atom. The van der Waals surface area contributed by atoms with Gasteiger partial charge in [0.05, 0.1) is 26.7 Å². The maximum absolute atomic E-state index is 11.2. The molecular weight excluding hydrogens is 256 g/mol. The van der Waals surface area contributed by atoms with Crippen molar-refractivity contribution in [3.8, 4) is 0 Å². The lowest BCUT2D eigenvalue weighted by molar-refractivity contribution is -0.141. The summed E-state index contributed by atoms with van der Waals surface area (Å²) in [5, 5.41) is 9.50. The Balaban J connectivity index is 3.69. The fourth-order valence-corrected chi connectivity index (χ4v) is 0.949. The third-order valence-corrected chi connectivity index (χ3v) is 1.89. The zero-order chi connectivity index (χ0) is 14.7. The Labute approximate surface area is 110 Å². The first-order chi connectivity index (χ1) is 8.99. The van der Waals surface area contributed by atoms with Gasteiger partial charge in [-0.3, -0.25) is 19.2 Å². The molecule has 9 heteroatoms. The summed E-state index contributed by atoms with van der Waals surface area (Å²) in [5.74, 6) is -1.94. The fourth-order valence-electron chi connectivity index (χ4n) is 0.949. The number of hydrogen-bond donors (Lipinski definition) is 4. The lowest BCUT2D eigenvalue weighted by Crippen LogP contribution is -2.44. The number of hydrogen-bond acceptors (Lipinski definition) is 6. The monoisotopic (exact) mass is 274 g/mol. The predicted octanol–water partition coefficient (Wildman–Crippen LogP) is -3.27. The van der Waals surface area contributed by atoms with E-state index in [0.717, 1.165) is 0 Å². The Morgan fingerprint density at radius 3 is 1.63 bits per heavy atom. The standard InChI is InChI=1S/C10H18N4O5/c1-11-3-7(15)12-4-8(16)13-5-9(17)14-6-10(18)19-2/h11H,3-6H2,1-2H3,(H,12,15)(H,13,16)(H,14,17). The highest BCUT2D eigenvalue weighted by Gasteiger charge is 2.08. The number of carbonyl (C=O) groups is 4. The molecule has 0 atom stereocenters. The van der Waals surface area contributed by atoms with Crippen LogP contribution in [0.25, 0.3) is 0 Å². The van der Waals surface area contributed by atoms with E-state index in [2.05, 4.69) is 26.0 Å². The normalized spacial score (nSPS) is 9.37. The molecule has 0 rings (SSSR count). The molecule has 0 aliphatic heterocycles. The van der Waals surface area contributed by atoms with Gasteiger partial charge in [0.1, 0.15) is 6.54 Å². The molecule has 0 radical (unpaired) electrons.